The van der Waals surface area contributed by atoms with Crippen LogP contribution in [0.4, 0.5) is 10.1 Å². The summed E-state index contributed by atoms with van der Waals surface area (Å²) in [6.45, 7) is 3.78. The second-order valence-electron chi connectivity index (χ2n) is 5.50. The van der Waals surface area contributed by atoms with Gasteiger partial charge in [0.05, 0.1) is 5.92 Å². The number of allylic oxidation sites excluding steroid dienone is 2. The number of halogens is 1. The molecule has 0 fully saturated rings. The van der Waals surface area contributed by atoms with Crippen LogP contribution in [0.2, 0.25) is 0 Å². The third-order valence-electron chi connectivity index (χ3n) is 4.02. The Hall–Kier alpha value is -2.17. The van der Waals surface area contributed by atoms with Crippen molar-refractivity contribution in [2.24, 2.45) is 11.8 Å². The van der Waals surface area contributed by atoms with Crippen LogP contribution in [0.1, 0.15) is 26.7 Å². The van der Waals surface area contributed by atoms with Gasteiger partial charge in [0.15, 0.2) is 0 Å². The first-order valence-corrected chi connectivity index (χ1v) is 6.81. The number of anilines is 1. The maximum atomic E-state index is 12.8. The van der Waals surface area contributed by atoms with Crippen molar-refractivity contribution in [3.05, 3.63) is 41.2 Å². The number of rotatable bonds is 3. The number of hydrogen-bond acceptors (Lipinski definition) is 3. The van der Waals surface area contributed by atoms with Gasteiger partial charge in [-0.2, -0.15) is 0 Å². The third kappa shape index (κ3) is 3.48. The molecule has 1 aliphatic rings. The lowest BCUT2D eigenvalue weighted by molar-refractivity contribution is -0.313. The van der Waals surface area contributed by atoms with Crippen molar-refractivity contribution < 1.29 is 19.1 Å². The highest BCUT2D eigenvalue weighted by atomic mass is 19.1. The smallest absolute Gasteiger partial charge is 0.228 e. The fourth-order valence-electron chi connectivity index (χ4n) is 2.58. The Morgan fingerprint density at radius 3 is 2.14 bits per heavy atom. The quantitative estimate of drug-likeness (QED) is 0.864. The van der Waals surface area contributed by atoms with E-state index in [-0.39, 0.29) is 5.91 Å². The summed E-state index contributed by atoms with van der Waals surface area (Å²) in [5.74, 6) is -3.46. The van der Waals surface area contributed by atoms with E-state index in [1.807, 2.05) is 13.8 Å². The van der Waals surface area contributed by atoms with Crippen LogP contribution in [0.5, 0.6) is 0 Å². The molecule has 21 heavy (non-hydrogen) atoms. The van der Waals surface area contributed by atoms with Gasteiger partial charge in [-0.15, -0.1) is 0 Å². The van der Waals surface area contributed by atoms with E-state index in [0.29, 0.717) is 18.5 Å². The molecule has 1 aliphatic carbocycles. The Bertz CT molecular complexity index is 592. The molecule has 0 heterocycles. The summed E-state index contributed by atoms with van der Waals surface area (Å²) < 4.78 is 12.8. The fraction of sp³-hybridized carbons (Fsp3) is 0.375. The molecule has 0 aliphatic heterocycles. The second-order valence-corrected chi connectivity index (χ2v) is 5.50. The van der Waals surface area contributed by atoms with Crippen LogP contribution >= 0.6 is 0 Å². The SMILES string of the molecule is CC1=C(C)C[C@@H](C(=O)Nc2ccc(F)cc2)[C@@H](C(=O)[O-])C1. The molecule has 0 spiro atoms. The zero-order chi connectivity index (χ0) is 15.6. The zero-order valence-corrected chi connectivity index (χ0v) is 12.0. The summed E-state index contributed by atoms with van der Waals surface area (Å²) in [7, 11) is 0. The molecule has 5 heteroatoms. The van der Waals surface area contributed by atoms with Gasteiger partial charge >= 0.3 is 0 Å². The van der Waals surface area contributed by atoms with Crippen molar-refractivity contribution in [2.75, 3.05) is 5.32 Å². The van der Waals surface area contributed by atoms with Crippen LogP contribution in [0, 0.1) is 17.7 Å². The maximum absolute atomic E-state index is 12.8. The second kappa shape index (κ2) is 6.08. The molecule has 0 bridgehead atoms. The van der Waals surface area contributed by atoms with Crippen molar-refractivity contribution in [3.8, 4) is 0 Å². The minimum absolute atomic E-state index is 0.329. The van der Waals surface area contributed by atoms with Crippen molar-refractivity contribution in [2.45, 2.75) is 26.7 Å². The van der Waals surface area contributed by atoms with Crippen LogP contribution in [0.25, 0.3) is 0 Å². The van der Waals surface area contributed by atoms with Crippen molar-refractivity contribution in [1.29, 1.82) is 0 Å². The first-order valence-electron chi connectivity index (χ1n) is 6.81. The Balaban J connectivity index is 2.16. The monoisotopic (exact) mass is 290 g/mol. The predicted molar refractivity (Wildman–Crippen MR) is 74.6 cm³/mol. The lowest BCUT2D eigenvalue weighted by Crippen LogP contribution is -2.42. The fourth-order valence-corrected chi connectivity index (χ4v) is 2.58. The number of carbonyl (C=O) groups is 2. The molecule has 1 amide bonds. The van der Waals surface area contributed by atoms with Crippen LogP contribution in [0.3, 0.4) is 0 Å². The maximum Gasteiger partial charge on any atom is 0.228 e. The summed E-state index contributed by atoms with van der Waals surface area (Å²) in [5, 5.41) is 13.9. The van der Waals surface area contributed by atoms with E-state index in [1.54, 1.807) is 0 Å². The molecule has 0 saturated heterocycles. The van der Waals surface area contributed by atoms with E-state index in [2.05, 4.69) is 5.32 Å². The Labute approximate surface area is 122 Å². The van der Waals surface area contributed by atoms with E-state index < -0.39 is 23.6 Å². The highest BCUT2D eigenvalue weighted by molar-refractivity contribution is 5.95. The van der Waals surface area contributed by atoms with E-state index in [0.717, 1.165) is 11.1 Å². The van der Waals surface area contributed by atoms with E-state index in [1.165, 1.54) is 24.3 Å². The summed E-state index contributed by atoms with van der Waals surface area (Å²) in [5.41, 5.74) is 2.48. The highest BCUT2D eigenvalue weighted by Gasteiger charge is 2.33. The summed E-state index contributed by atoms with van der Waals surface area (Å²) in [6.07, 6.45) is 0.729. The molecule has 0 unspecified atom stereocenters. The number of amides is 1. The Morgan fingerprint density at radius 2 is 1.62 bits per heavy atom. The van der Waals surface area contributed by atoms with Gasteiger partial charge in [0.1, 0.15) is 5.82 Å². The molecule has 0 saturated carbocycles. The van der Waals surface area contributed by atoms with E-state index in [9.17, 15) is 19.1 Å². The normalized spacial score (nSPS) is 22.0. The van der Waals surface area contributed by atoms with Crippen molar-refractivity contribution in [1.82, 2.24) is 0 Å². The number of carbonyl (C=O) groups excluding carboxylic acids is 2. The van der Waals surface area contributed by atoms with Gasteiger partial charge in [-0.25, -0.2) is 4.39 Å². The van der Waals surface area contributed by atoms with Crippen LogP contribution in [-0.4, -0.2) is 11.9 Å². The van der Waals surface area contributed by atoms with E-state index >= 15 is 0 Å². The van der Waals surface area contributed by atoms with Crippen molar-refractivity contribution >= 4 is 17.6 Å². The van der Waals surface area contributed by atoms with Gasteiger partial charge in [0.2, 0.25) is 5.91 Å². The molecule has 4 nitrogen and oxygen atoms in total. The van der Waals surface area contributed by atoms with Gasteiger partial charge in [0, 0.05) is 17.6 Å². The molecule has 1 aromatic carbocycles. The molecule has 1 aromatic rings. The molecular weight excluding hydrogens is 273 g/mol. The lowest BCUT2D eigenvalue weighted by Gasteiger charge is -2.32. The van der Waals surface area contributed by atoms with Crippen LogP contribution in [0.15, 0.2) is 35.4 Å². The molecule has 0 radical (unpaired) electrons. The zero-order valence-electron chi connectivity index (χ0n) is 12.0. The minimum atomic E-state index is -1.21. The molecule has 1 N–H and O–H groups in total. The number of carboxylic acids is 1. The van der Waals surface area contributed by atoms with Crippen molar-refractivity contribution in [3.63, 3.8) is 0 Å². The molecule has 0 aromatic heterocycles. The first kappa shape index (κ1) is 15.2. The minimum Gasteiger partial charge on any atom is -0.550 e. The van der Waals surface area contributed by atoms with Gasteiger partial charge in [-0.05, 0) is 51.0 Å². The molecule has 112 valence electrons. The van der Waals surface area contributed by atoms with Crippen LogP contribution in [-0.2, 0) is 9.59 Å². The molecule has 2 rings (SSSR count). The summed E-state index contributed by atoms with van der Waals surface area (Å²) in [4.78, 5) is 23.6. The molecule has 2 atom stereocenters. The van der Waals surface area contributed by atoms with Gasteiger partial charge in [-0.1, -0.05) is 11.1 Å². The van der Waals surface area contributed by atoms with Gasteiger partial charge < -0.3 is 15.2 Å². The third-order valence-corrected chi connectivity index (χ3v) is 4.02. The van der Waals surface area contributed by atoms with Crippen LogP contribution < -0.4 is 10.4 Å². The Morgan fingerprint density at radius 1 is 1.10 bits per heavy atom. The van der Waals surface area contributed by atoms with Gasteiger partial charge in [0.25, 0.3) is 0 Å². The Kier molecular flexibility index (Phi) is 4.40. The van der Waals surface area contributed by atoms with Gasteiger partial charge in [-0.3, -0.25) is 4.79 Å². The first-order chi connectivity index (χ1) is 9.88. The number of hydrogen-bond donors (Lipinski definition) is 1. The standard InChI is InChI=1S/C16H18FNO3/c1-9-7-13(14(16(20)21)8-10(9)2)15(19)18-12-5-3-11(17)4-6-12/h3-6,13-14H,7-8H2,1-2H3,(H,18,19)(H,20,21)/p-1/t13-,14+/m1/s1. The number of benzene rings is 1. The average Bonchev–Trinajstić information content (AvgIpc) is 2.43. The summed E-state index contributed by atoms with van der Waals surface area (Å²) >= 11 is 0. The predicted octanol–water partition coefficient (Wildman–Crippen LogP) is 1.88. The highest BCUT2D eigenvalue weighted by Crippen LogP contribution is 2.34. The average molecular weight is 290 g/mol. The molecular formula is C16H17FNO3-. The lowest BCUT2D eigenvalue weighted by atomic mass is 9.76. The number of nitrogens with one attached hydrogen (secondary N) is 1. The number of aliphatic carboxylic acids is 1. The summed E-state index contributed by atoms with van der Waals surface area (Å²) in [6, 6.07) is 5.36. The topological polar surface area (TPSA) is 69.2 Å². The van der Waals surface area contributed by atoms with E-state index in [4.69, 9.17) is 0 Å². The number of carboxylic acid groups (broad SMARTS) is 1. The largest absolute Gasteiger partial charge is 0.550 e.